The first-order valence-electron chi connectivity index (χ1n) is 5.76. The summed E-state index contributed by atoms with van der Waals surface area (Å²) in [5, 5.41) is 13.6. The van der Waals surface area contributed by atoms with E-state index in [-0.39, 0.29) is 28.5 Å². The molecule has 3 aromatic rings. The molecular weight excluding hydrogens is 280 g/mol. The summed E-state index contributed by atoms with van der Waals surface area (Å²) in [5.74, 6) is -1.05. The largest absolute Gasteiger partial charge is 0.446 e. The van der Waals surface area contributed by atoms with E-state index in [0.717, 1.165) is 10.6 Å². The first kappa shape index (κ1) is 13.1. The van der Waals surface area contributed by atoms with E-state index in [1.54, 1.807) is 7.05 Å². The average Bonchev–Trinajstić information content (AvgIpc) is 3.07. The molecule has 2 aromatic heterocycles. The van der Waals surface area contributed by atoms with E-state index in [2.05, 4.69) is 29.9 Å². The van der Waals surface area contributed by atoms with Gasteiger partial charge in [0, 0.05) is 7.05 Å². The zero-order valence-electron chi connectivity index (χ0n) is 10.7. The van der Waals surface area contributed by atoms with Crippen LogP contribution >= 0.6 is 0 Å². The second-order valence-corrected chi connectivity index (χ2v) is 4.02. The minimum absolute atomic E-state index is 0.0524. The number of hydrogen-bond donors (Lipinski definition) is 1. The fourth-order valence-corrected chi connectivity index (χ4v) is 1.80. The van der Waals surface area contributed by atoms with E-state index in [9.17, 15) is 9.18 Å². The third kappa shape index (κ3) is 2.10. The highest BCUT2D eigenvalue weighted by molar-refractivity contribution is 6.32. The number of nitrogens with one attached hydrogen (secondary N) is 1. The number of anilines is 1. The van der Waals surface area contributed by atoms with E-state index in [1.807, 2.05) is 0 Å². The van der Waals surface area contributed by atoms with Crippen molar-refractivity contribution in [1.29, 1.82) is 0 Å². The summed E-state index contributed by atoms with van der Waals surface area (Å²) >= 11 is 0. The van der Waals surface area contributed by atoms with Gasteiger partial charge in [0.05, 0.1) is 5.69 Å². The van der Waals surface area contributed by atoms with Crippen molar-refractivity contribution < 1.29 is 13.5 Å². The molecular formula is C11H7BFN5O3. The Labute approximate surface area is 117 Å². The molecule has 0 amide bonds. The van der Waals surface area contributed by atoms with E-state index >= 15 is 0 Å². The maximum Gasteiger partial charge on any atom is 0.446 e. The van der Waals surface area contributed by atoms with Gasteiger partial charge in [0.15, 0.2) is 5.69 Å². The Kier molecular flexibility index (Phi) is 3.05. The summed E-state index contributed by atoms with van der Waals surface area (Å²) in [6, 6.07) is 3.78. The fraction of sp³-hybridized carbons (Fsp3) is 0.0909. The molecule has 1 aromatic carbocycles. The molecule has 10 heteroatoms. The number of hydrogen-bond acceptors (Lipinski definition) is 7. The normalized spacial score (nSPS) is 10.8. The van der Waals surface area contributed by atoms with Crippen LogP contribution < -0.4 is 16.5 Å². The highest BCUT2D eigenvalue weighted by atomic mass is 19.1. The second-order valence-electron chi connectivity index (χ2n) is 4.02. The molecule has 21 heavy (non-hydrogen) atoms. The first-order chi connectivity index (χ1) is 10.1. The van der Waals surface area contributed by atoms with Gasteiger partial charge in [-0.25, -0.2) is 18.4 Å². The van der Waals surface area contributed by atoms with Gasteiger partial charge in [-0.2, -0.15) is 0 Å². The van der Waals surface area contributed by atoms with Crippen LogP contribution in [0.25, 0.3) is 17.2 Å². The summed E-state index contributed by atoms with van der Waals surface area (Å²) in [5.41, 5.74) is 0.338. The van der Waals surface area contributed by atoms with E-state index in [0.29, 0.717) is 0 Å². The number of halogens is 1. The maximum atomic E-state index is 13.2. The summed E-state index contributed by atoms with van der Waals surface area (Å²) < 4.78 is 23.5. The lowest BCUT2D eigenvalue weighted by molar-refractivity contribution is 0.309. The summed E-state index contributed by atoms with van der Waals surface area (Å²) in [7, 11) is 7.10. The second kappa shape index (κ2) is 4.89. The molecule has 0 aliphatic carbocycles. The summed E-state index contributed by atoms with van der Waals surface area (Å²) in [6.45, 7) is 0. The molecule has 0 fully saturated rings. The summed E-state index contributed by atoms with van der Waals surface area (Å²) in [4.78, 5) is 11.8. The summed E-state index contributed by atoms with van der Waals surface area (Å²) in [6.07, 6.45) is 0. The van der Waals surface area contributed by atoms with Crippen molar-refractivity contribution in [2.75, 3.05) is 12.4 Å². The third-order valence-corrected chi connectivity index (χ3v) is 2.78. The van der Waals surface area contributed by atoms with Crippen LogP contribution in [0, 0.1) is 5.82 Å². The van der Waals surface area contributed by atoms with Crippen molar-refractivity contribution in [3.05, 3.63) is 34.6 Å². The topological polar surface area (TPSA) is 99.0 Å². The van der Waals surface area contributed by atoms with Gasteiger partial charge in [0.1, 0.15) is 13.7 Å². The lowest BCUT2D eigenvalue weighted by atomic mass is 9.95. The Balaban J connectivity index is 2.22. The predicted octanol–water partition coefficient (Wildman–Crippen LogP) is -0.150. The monoisotopic (exact) mass is 287 g/mol. The minimum atomic E-state index is -0.777. The fourth-order valence-electron chi connectivity index (χ4n) is 1.80. The maximum absolute atomic E-state index is 13.2. The standard InChI is InChI=1S/C11H7BFN5O3/c1-14-9-8(15-21-16-9)10-17-20-11(19)18(10)5-2-3-7(13)6(12)4-5/h2-4H,1H3,(H,14,16). The highest BCUT2D eigenvalue weighted by Crippen LogP contribution is 2.23. The molecule has 0 saturated heterocycles. The van der Waals surface area contributed by atoms with Crippen LogP contribution in [0.1, 0.15) is 0 Å². The van der Waals surface area contributed by atoms with Gasteiger partial charge in [-0.1, -0.05) is 10.6 Å². The number of rotatable bonds is 3. The molecule has 8 nitrogen and oxygen atoms in total. The van der Waals surface area contributed by atoms with Crippen LogP contribution in [0.3, 0.4) is 0 Å². The molecule has 2 heterocycles. The van der Waals surface area contributed by atoms with Crippen LogP contribution in [-0.4, -0.2) is 34.9 Å². The van der Waals surface area contributed by atoms with Crippen LogP contribution in [0.4, 0.5) is 10.2 Å². The van der Waals surface area contributed by atoms with E-state index in [4.69, 9.17) is 7.85 Å². The van der Waals surface area contributed by atoms with Crippen LogP contribution in [-0.2, 0) is 0 Å². The number of nitrogens with zero attached hydrogens (tertiary/aromatic N) is 4. The van der Waals surface area contributed by atoms with Gasteiger partial charge in [-0.3, -0.25) is 4.52 Å². The Morgan fingerprint density at radius 1 is 1.33 bits per heavy atom. The number of benzene rings is 1. The Morgan fingerprint density at radius 3 is 2.86 bits per heavy atom. The molecule has 104 valence electrons. The van der Waals surface area contributed by atoms with Crippen molar-refractivity contribution in [2.24, 2.45) is 0 Å². The van der Waals surface area contributed by atoms with Crippen LogP contribution in [0.2, 0.25) is 0 Å². The SMILES string of the molecule is [B]c1cc(-n2c(-c3nonc3NC)noc2=O)ccc1F. The molecule has 1 N–H and O–H groups in total. The average molecular weight is 287 g/mol. The lowest BCUT2D eigenvalue weighted by Crippen LogP contribution is -2.17. The predicted molar refractivity (Wildman–Crippen MR) is 70.3 cm³/mol. The molecule has 0 spiro atoms. The van der Waals surface area contributed by atoms with E-state index in [1.165, 1.54) is 12.1 Å². The molecule has 2 radical (unpaired) electrons. The van der Waals surface area contributed by atoms with Crippen molar-refractivity contribution in [1.82, 2.24) is 20.0 Å². The Hall–Kier alpha value is -2.91. The van der Waals surface area contributed by atoms with Crippen LogP contribution in [0.15, 0.2) is 32.1 Å². The zero-order chi connectivity index (χ0) is 15.0. The molecule has 3 rings (SSSR count). The molecule has 0 aliphatic rings. The van der Waals surface area contributed by atoms with Crippen molar-refractivity contribution in [3.8, 4) is 17.2 Å². The van der Waals surface area contributed by atoms with Gasteiger partial charge in [0.2, 0.25) is 11.6 Å². The minimum Gasteiger partial charge on any atom is -0.368 e. The quantitative estimate of drug-likeness (QED) is 0.669. The number of aromatic nitrogens is 4. The van der Waals surface area contributed by atoms with Gasteiger partial charge in [0.25, 0.3) is 0 Å². The first-order valence-corrected chi connectivity index (χ1v) is 5.76. The molecule has 0 bridgehead atoms. The third-order valence-electron chi connectivity index (χ3n) is 2.78. The molecule has 0 saturated carbocycles. The van der Waals surface area contributed by atoms with Crippen molar-refractivity contribution in [2.45, 2.75) is 0 Å². The Bertz CT molecular complexity index is 856. The lowest BCUT2D eigenvalue weighted by Gasteiger charge is -2.05. The van der Waals surface area contributed by atoms with Crippen molar-refractivity contribution in [3.63, 3.8) is 0 Å². The zero-order valence-corrected chi connectivity index (χ0v) is 10.7. The van der Waals surface area contributed by atoms with Gasteiger partial charge in [-0.05, 0) is 28.5 Å². The van der Waals surface area contributed by atoms with E-state index < -0.39 is 11.6 Å². The Morgan fingerprint density at radius 2 is 2.14 bits per heavy atom. The van der Waals surface area contributed by atoms with Crippen molar-refractivity contribution >= 4 is 19.1 Å². The van der Waals surface area contributed by atoms with Gasteiger partial charge in [-0.15, -0.1) is 0 Å². The highest BCUT2D eigenvalue weighted by Gasteiger charge is 2.22. The van der Waals surface area contributed by atoms with Gasteiger partial charge >= 0.3 is 5.76 Å². The molecule has 0 atom stereocenters. The smallest absolute Gasteiger partial charge is 0.368 e. The molecule has 0 aliphatic heterocycles. The molecule has 0 unspecified atom stereocenters. The van der Waals surface area contributed by atoms with Crippen LogP contribution in [0.5, 0.6) is 0 Å². The van der Waals surface area contributed by atoms with Gasteiger partial charge < -0.3 is 5.32 Å².